The molecular weight excluding hydrogens is 142 g/mol. The van der Waals surface area contributed by atoms with E-state index in [2.05, 4.69) is 21.2 Å². The zero-order valence-electron chi connectivity index (χ0n) is 3.24. The van der Waals surface area contributed by atoms with E-state index in [-0.39, 0.29) is 0 Å². The molecule has 0 fully saturated rings. The van der Waals surface area contributed by atoms with Crippen LogP contribution in [0, 0.1) is 6.54 Å². The Balaban J connectivity index is 2.45. The van der Waals surface area contributed by atoms with Gasteiger partial charge < -0.3 is 5.32 Å². The average Bonchev–Trinajstić information content (AvgIpc) is 1.86. The Labute approximate surface area is 45.6 Å². The summed E-state index contributed by atoms with van der Waals surface area (Å²) in [7, 11) is 0. The normalized spacial score (nSPS) is 19.8. The molecule has 1 N–H and O–H groups in total. The molecule has 0 saturated heterocycles. The summed E-state index contributed by atoms with van der Waals surface area (Å²) in [5, 5.41) is 2.94. The SMILES string of the molecule is BrC1=CN[CH]C1. The third kappa shape index (κ3) is 0.744. The molecule has 33 valence electrons. The third-order valence-electron chi connectivity index (χ3n) is 0.655. The van der Waals surface area contributed by atoms with E-state index in [1.54, 1.807) is 0 Å². The van der Waals surface area contributed by atoms with Crippen molar-refractivity contribution < 1.29 is 0 Å². The second kappa shape index (κ2) is 1.65. The number of nitrogens with one attached hydrogen (secondary N) is 1. The lowest BCUT2D eigenvalue weighted by atomic mass is 10.5. The molecule has 0 aliphatic carbocycles. The standard InChI is InChI=1S/C4H5BrN/c5-4-1-2-6-3-4/h2-3,6H,1H2. The largest absolute Gasteiger partial charge is 0.385 e. The van der Waals surface area contributed by atoms with Crippen molar-refractivity contribution in [3.63, 3.8) is 0 Å². The summed E-state index contributed by atoms with van der Waals surface area (Å²) in [4.78, 5) is 0. The van der Waals surface area contributed by atoms with Crippen LogP contribution < -0.4 is 5.32 Å². The van der Waals surface area contributed by atoms with Crippen LogP contribution in [0.3, 0.4) is 0 Å². The lowest BCUT2D eigenvalue weighted by Crippen LogP contribution is -1.88. The molecule has 0 spiro atoms. The summed E-state index contributed by atoms with van der Waals surface area (Å²) in [6.45, 7) is 1.99. The van der Waals surface area contributed by atoms with Gasteiger partial charge in [-0.15, -0.1) is 0 Å². The maximum absolute atomic E-state index is 3.31. The monoisotopic (exact) mass is 146 g/mol. The van der Waals surface area contributed by atoms with Gasteiger partial charge in [-0.05, 0) is 0 Å². The van der Waals surface area contributed by atoms with Crippen LogP contribution >= 0.6 is 15.9 Å². The van der Waals surface area contributed by atoms with Crippen LogP contribution in [0.5, 0.6) is 0 Å². The second-order valence-electron chi connectivity index (χ2n) is 1.17. The molecule has 2 heteroatoms. The molecule has 1 radical (unpaired) electrons. The highest BCUT2D eigenvalue weighted by molar-refractivity contribution is 9.11. The van der Waals surface area contributed by atoms with Crippen LogP contribution in [-0.2, 0) is 0 Å². The summed E-state index contributed by atoms with van der Waals surface area (Å²) in [6, 6.07) is 0. The van der Waals surface area contributed by atoms with Crippen molar-refractivity contribution in [1.82, 2.24) is 5.32 Å². The van der Waals surface area contributed by atoms with Crippen LogP contribution in [0.25, 0.3) is 0 Å². The molecule has 0 bridgehead atoms. The van der Waals surface area contributed by atoms with E-state index in [9.17, 15) is 0 Å². The van der Waals surface area contributed by atoms with Crippen molar-refractivity contribution in [2.45, 2.75) is 6.42 Å². The van der Waals surface area contributed by atoms with E-state index < -0.39 is 0 Å². The second-order valence-corrected chi connectivity index (χ2v) is 2.18. The van der Waals surface area contributed by atoms with E-state index in [1.165, 1.54) is 4.48 Å². The van der Waals surface area contributed by atoms with Crippen LogP contribution in [0.2, 0.25) is 0 Å². The Bertz CT molecular complexity index is 77.6. The first kappa shape index (κ1) is 4.19. The Morgan fingerprint density at radius 1 is 1.83 bits per heavy atom. The van der Waals surface area contributed by atoms with Gasteiger partial charge in [0.1, 0.15) is 0 Å². The molecule has 0 aromatic heterocycles. The number of rotatable bonds is 0. The smallest absolute Gasteiger partial charge is 0.0506 e. The molecule has 0 unspecified atom stereocenters. The van der Waals surface area contributed by atoms with E-state index >= 15 is 0 Å². The Hall–Kier alpha value is 0.0200. The van der Waals surface area contributed by atoms with Crippen LogP contribution in [-0.4, -0.2) is 0 Å². The topological polar surface area (TPSA) is 12.0 Å². The average molecular weight is 147 g/mol. The van der Waals surface area contributed by atoms with E-state index in [0.717, 1.165) is 6.42 Å². The van der Waals surface area contributed by atoms with Crippen molar-refractivity contribution in [2.75, 3.05) is 0 Å². The van der Waals surface area contributed by atoms with Gasteiger partial charge >= 0.3 is 0 Å². The molecular formula is C4H5BrN. The number of halogens is 1. The van der Waals surface area contributed by atoms with E-state index in [1.807, 2.05) is 12.7 Å². The van der Waals surface area contributed by atoms with Gasteiger partial charge in [-0.1, -0.05) is 15.9 Å². The van der Waals surface area contributed by atoms with Gasteiger partial charge in [0.2, 0.25) is 0 Å². The highest BCUT2D eigenvalue weighted by Crippen LogP contribution is 2.13. The molecule has 6 heavy (non-hydrogen) atoms. The van der Waals surface area contributed by atoms with Gasteiger partial charge in [0.05, 0.1) is 6.54 Å². The minimum Gasteiger partial charge on any atom is -0.385 e. The van der Waals surface area contributed by atoms with E-state index in [4.69, 9.17) is 0 Å². The number of hydrogen-bond donors (Lipinski definition) is 1. The minimum atomic E-state index is 1.03. The molecule has 0 atom stereocenters. The predicted octanol–water partition coefficient (Wildman–Crippen LogP) is 1.38. The first-order valence-corrected chi connectivity index (χ1v) is 2.61. The highest BCUT2D eigenvalue weighted by atomic mass is 79.9. The summed E-state index contributed by atoms with van der Waals surface area (Å²) in [5.41, 5.74) is 0. The molecule has 1 heterocycles. The maximum Gasteiger partial charge on any atom is 0.0506 e. The Kier molecular flexibility index (Phi) is 1.15. The lowest BCUT2D eigenvalue weighted by molar-refractivity contribution is 1.06. The van der Waals surface area contributed by atoms with Crippen molar-refractivity contribution in [3.8, 4) is 0 Å². The molecule has 1 rings (SSSR count). The quantitative estimate of drug-likeness (QED) is 0.545. The number of hydrogen-bond acceptors (Lipinski definition) is 1. The lowest BCUT2D eigenvalue weighted by Gasteiger charge is -1.77. The molecule has 1 aliphatic rings. The summed E-state index contributed by atoms with van der Waals surface area (Å²) in [6.07, 6.45) is 2.96. The fourth-order valence-corrected chi connectivity index (χ4v) is 0.659. The fraction of sp³-hybridized carbons (Fsp3) is 0.250. The summed E-state index contributed by atoms with van der Waals surface area (Å²) in [5.74, 6) is 0. The van der Waals surface area contributed by atoms with E-state index in [0.29, 0.717) is 0 Å². The van der Waals surface area contributed by atoms with Crippen molar-refractivity contribution in [2.24, 2.45) is 0 Å². The zero-order valence-corrected chi connectivity index (χ0v) is 4.83. The minimum absolute atomic E-state index is 1.03. The van der Waals surface area contributed by atoms with Gasteiger partial charge in [0.15, 0.2) is 0 Å². The van der Waals surface area contributed by atoms with Gasteiger partial charge in [0.25, 0.3) is 0 Å². The molecule has 0 amide bonds. The zero-order chi connectivity index (χ0) is 4.41. The van der Waals surface area contributed by atoms with Crippen molar-refractivity contribution in [1.29, 1.82) is 0 Å². The molecule has 1 aliphatic heterocycles. The van der Waals surface area contributed by atoms with Crippen LogP contribution in [0.4, 0.5) is 0 Å². The summed E-state index contributed by atoms with van der Waals surface area (Å²) >= 11 is 3.31. The van der Waals surface area contributed by atoms with Gasteiger partial charge in [-0.2, -0.15) is 0 Å². The first-order valence-electron chi connectivity index (χ1n) is 1.82. The van der Waals surface area contributed by atoms with Gasteiger partial charge in [-0.3, -0.25) is 0 Å². The predicted molar refractivity (Wildman–Crippen MR) is 29.1 cm³/mol. The van der Waals surface area contributed by atoms with Crippen LogP contribution in [0.1, 0.15) is 6.42 Å². The summed E-state index contributed by atoms with van der Waals surface area (Å²) < 4.78 is 1.22. The molecule has 0 aromatic carbocycles. The third-order valence-corrected chi connectivity index (χ3v) is 1.21. The maximum atomic E-state index is 3.31. The van der Waals surface area contributed by atoms with Gasteiger partial charge in [0, 0.05) is 17.1 Å². The van der Waals surface area contributed by atoms with Crippen molar-refractivity contribution >= 4 is 15.9 Å². The molecule has 0 aromatic rings. The highest BCUT2D eigenvalue weighted by Gasteiger charge is 1.96. The first-order chi connectivity index (χ1) is 2.89. The Morgan fingerprint density at radius 2 is 2.67 bits per heavy atom. The van der Waals surface area contributed by atoms with Gasteiger partial charge in [-0.25, -0.2) is 0 Å². The van der Waals surface area contributed by atoms with Crippen molar-refractivity contribution in [3.05, 3.63) is 17.2 Å². The Morgan fingerprint density at radius 3 is 2.83 bits per heavy atom. The fourth-order valence-electron chi connectivity index (χ4n) is 0.365. The van der Waals surface area contributed by atoms with Crippen LogP contribution in [0.15, 0.2) is 10.7 Å². The molecule has 1 nitrogen and oxygen atoms in total. The molecule has 0 saturated carbocycles.